The van der Waals surface area contributed by atoms with Gasteiger partial charge in [0.1, 0.15) is 0 Å². The summed E-state index contributed by atoms with van der Waals surface area (Å²) in [4.78, 5) is 12.0. The van der Waals surface area contributed by atoms with Gasteiger partial charge in [0, 0.05) is 6.42 Å². The normalized spacial score (nSPS) is 11.5. The van der Waals surface area contributed by atoms with Gasteiger partial charge in [0.2, 0.25) is 0 Å². The van der Waals surface area contributed by atoms with Crippen LogP contribution in [0.15, 0.2) is 0 Å². The lowest BCUT2D eigenvalue weighted by molar-refractivity contribution is -0.143. The zero-order valence-electron chi connectivity index (χ0n) is 34.4. The minimum Gasteiger partial charge on any atom is -0.466 e. The molecular weight excluding hydrogens is 597 g/mol. The molecule has 0 unspecified atom stereocenters. The highest BCUT2D eigenvalue weighted by molar-refractivity contribution is 5.69. The number of esters is 1. The van der Waals surface area contributed by atoms with E-state index in [1.807, 2.05) is 0 Å². The van der Waals surface area contributed by atoms with Crippen molar-refractivity contribution < 1.29 is 9.53 Å². The summed E-state index contributed by atoms with van der Waals surface area (Å²) in [7, 11) is 0. The third-order valence-electron chi connectivity index (χ3n) is 11.0. The molecule has 0 fully saturated rings. The Labute approximate surface area is 311 Å². The molecule has 0 N–H and O–H groups in total. The van der Waals surface area contributed by atoms with E-state index in [-0.39, 0.29) is 5.97 Å². The van der Waals surface area contributed by atoms with Crippen LogP contribution in [-0.4, -0.2) is 12.6 Å². The molecule has 0 bridgehead atoms. The van der Waals surface area contributed by atoms with Gasteiger partial charge >= 0.3 is 5.97 Å². The average Bonchev–Trinajstić information content (AvgIpc) is 3.11. The topological polar surface area (TPSA) is 26.3 Å². The summed E-state index contributed by atoms with van der Waals surface area (Å²) in [5, 5.41) is 0. The molecule has 49 heavy (non-hydrogen) atoms. The van der Waals surface area contributed by atoms with Crippen LogP contribution in [0.25, 0.3) is 0 Å². The van der Waals surface area contributed by atoms with Gasteiger partial charge in [-0.3, -0.25) is 4.79 Å². The predicted molar refractivity (Wildman–Crippen MR) is 221 cm³/mol. The first-order valence-electron chi connectivity index (χ1n) is 23.5. The molecular formula is C47H94O2. The third-order valence-corrected chi connectivity index (χ3v) is 11.0. The minimum absolute atomic E-state index is 0.0320. The molecule has 0 aliphatic rings. The molecule has 0 radical (unpaired) electrons. The van der Waals surface area contributed by atoms with E-state index in [1.165, 1.54) is 257 Å². The van der Waals surface area contributed by atoms with Gasteiger partial charge in [0.15, 0.2) is 0 Å². The van der Waals surface area contributed by atoms with Crippen LogP contribution in [0.5, 0.6) is 0 Å². The first kappa shape index (κ1) is 48.5. The molecule has 0 aromatic rings. The number of carbonyl (C=O) groups excluding carboxylic acids is 1. The molecule has 0 spiro atoms. The number of hydrogen-bond donors (Lipinski definition) is 0. The SMILES string of the molecule is CCCCCCCCCCCCCCCCCCCCCCCCCCCCCCC(=O)OCCCCCCCCCCCCCCCC. The van der Waals surface area contributed by atoms with E-state index < -0.39 is 0 Å². The van der Waals surface area contributed by atoms with E-state index in [2.05, 4.69) is 13.8 Å². The second-order valence-corrected chi connectivity index (χ2v) is 16.1. The number of unbranched alkanes of at least 4 members (excludes halogenated alkanes) is 40. The summed E-state index contributed by atoms with van der Waals surface area (Å²) in [5.41, 5.74) is 0. The van der Waals surface area contributed by atoms with E-state index in [0.717, 1.165) is 12.8 Å². The van der Waals surface area contributed by atoms with Crippen molar-refractivity contribution in [1.82, 2.24) is 0 Å². The lowest BCUT2D eigenvalue weighted by Crippen LogP contribution is -2.05. The van der Waals surface area contributed by atoms with Crippen molar-refractivity contribution in [2.75, 3.05) is 6.61 Å². The Morgan fingerprint density at radius 1 is 0.265 bits per heavy atom. The number of carbonyl (C=O) groups is 1. The van der Waals surface area contributed by atoms with Crippen molar-refractivity contribution in [3.63, 3.8) is 0 Å². The molecule has 0 aliphatic heterocycles. The maximum absolute atomic E-state index is 12.0. The van der Waals surface area contributed by atoms with Crippen LogP contribution in [-0.2, 0) is 9.53 Å². The highest BCUT2D eigenvalue weighted by atomic mass is 16.5. The van der Waals surface area contributed by atoms with E-state index in [1.54, 1.807) is 0 Å². The van der Waals surface area contributed by atoms with Gasteiger partial charge in [-0.2, -0.15) is 0 Å². The van der Waals surface area contributed by atoms with Crippen LogP contribution in [0.1, 0.15) is 290 Å². The molecule has 0 amide bonds. The first-order valence-corrected chi connectivity index (χ1v) is 23.5. The van der Waals surface area contributed by atoms with Crippen LogP contribution in [0, 0.1) is 0 Å². The summed E-state index contributed by atoms with van der Waals surface area (Å²) in [6.07, 6.45) is 59.4. The van der Waals surface area contributed by atoms with Gasteiger partial charge in [-0.1, -0.05) is 271 Å². The maximum Gasteiger partial charge on any atom is 0.305 e. The Bertz CT molecular complexity index is 587. The van der Waals surface area contributed by atoms with E-state index >= 15 is 0 Å². The Morgan fingerprint density at radius 3 is 0.673 bits per heavy atom. The van der Waals surface area contributed by atoms with Gasteiger partial charge in [-0.15, -0.1) is 0 Å². The Balaban J connectivity index is 3.13. The Morgan fingerprint density at radius 2 is 0.449 bits per heavy atom. The highest BCUT2D eigenvalue weighted by Crippen LogP contribution is 2.17. The van der Waals surface area contributed by atoms with E-state index in [4.69, 9.17) is 4.74 Å². The van der Waals surface area contributed by atoms with Crippen LogP contribution < -0.4 is 0 Å². The lowest BCUT2D eigenvalue weighted by Gasteiger charge is -2.06. The van der Waals surface area contributed by atoms with E-state index in [9.17, 15) is 4.79 Å². The largest absolute Gasteiger partial charge is 0.466 e. The number of ether oxygens (including phenoxy) is 1. The predicted octanol–water partition coefficient (Wildman–Crippen LogP) is 17.3. The molecule has 0 heterocycles. The molecule has 0 atom stereocenters. The minimum atomic E-state index is 0.0320. The van der Waals surface area contributed by atoms with Crippen LogP contribution >= 0.6 is 0 Å². The fraction of sp³-hybridized carbons (Fsp3) is 0.979. The molecule has 0 rings (SSSR count). The average molecular weight is 691 g/mol. The van der Waals surface area contributed by atoms with Crippen molar-refractivity contribution in [1.29, 1.82) is 0 Å². The third kappa shape index (κ3) is 45.4. The van der Waals surface area contributed by atoms with Crippen molar-refractivity contribution in [2.24, 2.45) is 0 Å². The second kappa shape index (κ2) is 45.5. The van der Waals surface area contributed by atoms with Gasteiger partial charge in [-0.25, -0.2) is 0 Å². The first-order chi connectivity index (χ1) is 24.3. The fourth-order valence-corrected chi connectivity index (χ4v) is 7.49. The van der Waals surface area contributed by atoms with Gasteiger partial charge in [-0.05, 0) is 12.8 Å². The zero-order valence-corrected chi connectivity index (χ0v) is 34.4. The maximum atomic E-state index is 12.0. The molecule has 0 saturated carbocycles. The molecule has 2 heteroatoms. The van der Waals surface area contributed by atoms with E-state index in [0.29, 0.717) is 13.0 Å². The fourth-order valence-electron chi connectivity index (χ4n) is 7.49. The van der Waals surface area contributed by atoms with Crippen molar-refractivity contribution in [3.8, 4) is 0 Å². The number of hydrogen-bond acceptors (Lipinski definition) is 2. The number of rotatable bonds is 44. The summed E-state index contributed by atoms with van der Waals surface area (Å²) < 4.78 is 5.47. The molecule has 294 valence electrons. The van der Waals surface area contributed by atoms with Crippen LogP contribution in [0.4, 0.5) is 0 Å². The quantitative estimate of drug-likeness (QED) is 0.0470. The van der Waals surface area contributed by atoms with Gasteiger partial charge in [0.25, 0.3) is 0 Å². The molecule has 0 aromatic heterocycles. The lowest BCUT2D eigenvalue weighted by atomic mass is 10.0. The summed E-state index contributed by atoms with van der Waals surface area (Å²) in [5.74, 6) is 0.0320. The summed E-state index contributed by atoms with van der Waals surface area (Å²) in [6, 6.07) is 0. The zero-order chi connectivity index (χ0) is 35.4. The summed E-state index contributed by atoms with van der Waals surface area (Å²) in [6.45, 7) is 5.23. The van der Waals surface area contributed by atoms with Gasteiger partial charge in [0.05, 0.1) is 6.61 Å². The van der Waals surface area contributed by atoms with Crippen molar-refractivity contribution >= 4 is 5.97 Å². The molecule has 2 nitrogen and oxygen atoms in total. The molecule has 0 saturated heterocycles. The second-order valence-electron chi connectivity index (χ2n) is 16.1. The molecule has 0 aromatic carbocycles. The molecule has 0 aliphatic carbocycles. The van der Waals surface area contributed by atoms with Crippen molar-refractivity contribution in [3.05, 3.63) is 0 Å². The van der Waals surface area contributed by atoms with Gasteiger partial charge < -0.3 is 4.74 Å². The Hall–Kier alpha value is -0.530. The monoisotopic (exact) mass is 691 g/mol. The highest BCUT2D eigenvalue weighted by Gasteiger charge is 2.03. The standard InChI is InChI=1S/C47H94O2/c1-3-5-7-9-11-13-15-17-19-20-21-22-23-24-25-26-27-28-29-30-31-32-33-35-37-39-41-43-45-47(48)49-46-44-42-40-38-36-34-18-16-14-12-10-8-6-4-2/h3-46H2,1-2H3. The van der Waals surface area contributed by atoms with Crippen LogP contribution in [0.2, 0.25) is 0 Å². The summed E-state index contributed by atoms with van der Waals surface area (Å²) >= 11 is 0. The smallest absolute Gasteiger partial charge is 0.305 e. The Kier molecular flexibility index (Phi) is 45.0. The van der Waals surface area contributed by atoms with Crippen molar-refractivity contribution in [2.45, 2.75) is 290 Å². The van der Waals surface area contributed by atoms with Crippen LogP contribution in [0.3, 0.4) is 0 Å².